The quantitative estimate of drug-likeness (QED) is 0.399. The summed E-state index contributed by atoms with van der Waals surface area (Å²) in [7, 11) is 0. The molecule has 1 amide bonds. The molecule has 1 aliphatic rings. The number of para-hydroxylation sites is 1. The summed E-state index contributed by atoms with van der Waals surface area (Å²) in [5.41, 5.74) is 2.57. The molecule has 0 saturated heterocycles. The molecule has 1 unspecified atom stereocenters. The van der Waals surface area contributed by atoms with Gasteiger partial charge in [-0.15, -0.1) is 5.10 Å². The van der Waals surface area contributed by atoms with Gasteiger partial charge in [-0.25, -0.2) is 4.68 Å². The van der Waals surface area contributed by atoms with Crippen molar-refractivity contribution in [3.05, 3.63) is 93.8 Å². The van der Waals surface area contributed by atoms with E-state index < -0.39 is 6.04 Å². The highest BCUT2D eigenvalue weighted by Gasteiger charge is 2.35. The molecule has 0 fully saturated rings. The molecular weight excluding hydrogens is 449 g/mol. The number of benzene rings is 2. The van der Waals surface area contributed by atoms with Gasteiger partial charge in [0, 0.05) is 11.4 Å². The lowest BCUT2D eigenvalue weighted by molar-refractivity contribution is -0.113. The molecule has 0 bridgehead atoms. The molecule has 1 aliphatic heterocycles. The number of hydrogen-bond donors (Lipinski definition) is 2. The molecule has 2 aromatic carbocycles. The lowest BCUT2D eigenvalue weighted by Crippen LogP contribution is -2.31. The van der Waals surface area contributed by atoms with E-state index in [0.717, 1.165) is 5.56 Å². The van der Waals surface area contributed by atoms with Crippen LogP contribution in [0.25, 0.3) is 11.6 Å². The molecule has 2 N–H and O–H groups in total. The molecule has 5 rings (SSSR count). The van der Waals surface area contributed by atoms with Gasteiger partial charge in [0.25, 0.3) is 5.91 Å². The van der Waals surface area contributed by atoms with Gasteiger partial charge in [0.2, 0.25) is 11.8 Å². The second-order valence-corrected chi connectivity index (χ2v) is 8.06. The Kier molecular flexibility index (Phi) is 5.20. The van der Waals surface area contributed by atoms with Crippen LogP contribution in [0.15, 0.2) is 82.6 Å². The van der Waals surface area contributed by atoms with E-state index >= 15 is 0 Å². The Labute approximate surface area is 193 Å². The number of amides is 1. The topological polar surface area (TPSA) is 85.0 Å². The third-order valence-electron chi connectivity index (χ3n) is 5.13. The second-order valence-electron chi connectivity index (χ2n) is 7.24. The van der Waals surface area contributed by atoms with Crippen LogP contribution < -0.4 is 10.6 Å². The summed E-state index contributed by atoms with van der Waals surface area (Å²) < 4.78 is 7.11. The summed E-state index contributed by atoms with van der Waals surface area (Å²) in [6.45, 7) is 1.83. The molecule has 9 heteroatoms. The van der Waals surface area contributed by atoms with Gasteiger partial charge in [-0.3, -0.25) is 4.79 Å². The highest BCUT2D eigenvalue weighted by Crippen LogP contribution is 2.38. The Hall–Kier alpha value is -3.55. The number of nitrogens with one attached hydrogen (secondary N) is 2. The van der Waals surface area contributed by atoms with E-state index in [4.69, 9.17) is 27.6 Å². The first-order valence-electron chi connectivity index (χ1n) is 9.81. The number of halogens is 2. The summed E-state index contributed by atoms with van der Waals surface area (Å²) in [6.07, 6.45) is 1.56. The van der Waals surface area contributed by atoms with Crippen LogP contribution in [0.2, 0.25) is 10.0 Å². The summed E-state index contributed by atoms with van der Waals surface area (Å²) >= 11 is 12.5. The molecule has 0 saturated carbocycles. The number of rotatable bonds is 4. The Balaban J connectivity index is 1.63. The standard InChI is InChI=1S/C23H17Cl2N5O2/c1-13-19(22(31)27-15-6-3-2-4-7-15)20(14-9-10-16(24)17(25)12-14)30-23(26-13)28-21(29-30)18-8-5-11-32-18/h2-12,20H,1H3,(H,27,31)(H,26,28,29). The fraction of sp³-hybridized carbons (Fsp3) is 0.0870. The predicted molar refractivity (Wildman–Crippen MR) is 124 cm³/mol. The third kappa shape index (κ3) is 3.66. The molecule has 0 aliphatic carbocycles. The minimum Gasteiger partial charge on any atom is -0.461 e. The van der Waals surface area contributed by atoms with Crippen LogP contribution in [0.1, 0.15) is 18.5 Å². The number of carbonyl (C=O) groups is 1. The third-order valence-corrected chi connectivity index (χ3v) is 5.87. The van der Waals surface area contributed by atoms with Gasteiger partial charge in [-0.2, -0.15) is 4.98 Å². The molecule has 0 spiro atoms. The maximum absolute atomic E-state index is 13.4. The molecule has 7 nitrogen and oxygen atoms in total. The van der Waals surface area contributed by atoms with Gasteiger partial charge < -0.3 is 15.1 Å². The average molecular weight is 466 g/mol. The number of hydrogen-bond acceptors (Lipinski definition) is 5. The van der Waals surface area contributed by atoms with Crippen LogP contribution in [0.4, 0.5) is 11.6 Å². The molecule has 1 atom stereocenters. The number of nitrogens with zero attached hydrogens (tertiary/aromatic N) is 3. The van der Waals surface area contributed by atoms with Crippen LogP contribution in [0, 0.1) is 0 Å². The van der Waals surface area contributed by atoms with E-state index in [2.05, 4.69) is 20.7 Å². The lowest BCUT2D eigenvalue weighted by Gasteiger charge is -2.28. The monoisotopic (exact) mass is 465 g/mol. The van der Waals surface area contributed by atoms with Gasteiger partial charge >= 0.3 is 0 Å². The maximum atomic E-state index is 13.4. The average Bonchev–Trinajstić information content (AvgIpc) is 3.45. The van der Waals surface area contributed by atoms with Crippen molar-refractivity contribution < 1.29 is 9.21 Å². The molecule has 160 valence electrons. The molecular formula is C23H17Cl2N5O2. The van der Waals surface area contributed by atoms with Crippen molar-refractivity contribution in [3.8, 4) is 11.6 Å². The van der Waals surface area contributed by atoms with Crippen molar-refractivity contribution in [1.29, 1.82) is 0 Å². The largest absolute Gasteiger partial charge is 0.461 e. The normalized spacial score (nSPS) is 15.3. The van der Waals surface area contributed by atoms with Crippen molar-refractivity contribution in [3.63, 3.8) is 0 Å². The Morgan fingerprint density at radius 1 is 1.09 bits per heavy atom. The van der Waals surface area contributed by atoms with Gasteiger partial charge in [0.05, 0.1) is 21.9 Å². The fourth-order valence-electron chi connectivity index (χ4n) is 3.67. The number of carbonyl (C=O) groups excluding carboxylic acids is 1. The fourth-order valence-corrected chi connectivity index (χ4v) is 3.97. The zero-order chi connectivity index (χ0) is 22.2. The van der Waals surface area contributed by atoms with Gasteiger partial charge in [-0.05, 0) is 48.9 Å². The highest BCUT2D eigenvalue weighted by atomic mass is 35.5. The smallest absolute Gasteiger partial charge is 0.255 e. The van der Waals surface area contributed by atoms with Crippen LogP contribution in [0.3, 0.4) is 0 Å². The van der Waals surface area contributed by atoms with Gasteiger partial charge in [-0.1, -0.05) is 47.5 Å². The first kappa shape index (κ1) is 20.4. The van der Waals surface area contributed by atoms with E-state index in [1.807, 2.05) is 43.3 Å². The van der Waals surface area contributed by atoms with E-state index in [1.165, 1.54) is 0 Å². The summed E-state index contributed by atoms with van der Waals surface area (Å²) in [4.78, 5) is 18.0. The van der Waals surface area contributed by atoms with E-state index in [1.54, 1.807) is 35.2 Å². The molecule has 4 aromatic rings. The molecule has 3 heterocycles. The van der Waals surface area contributed by atoms with E-state index in [-0.39, 0.29) is 5.91 Å². The number of furan rings is 1. The molecule has 32 heavy (non-hydrogen) atoms. The van der Waals surface area contributed by atoms with Crippen LogP contribution in [0.5, 0.6) is 0 Å². The summed E-state index contributed by atoms with van der Waals surface area (Å²) in [5, 5.41) is 11.6. The SMILES string of the molecule is CC1=C(C(=O)Nc2ccccc2)C(c2ccc(Cl)c(Cl)c2)n2nc(-c3ccco3)nc2N1. The number of allylic oxidation sites excluding steroid dienone is 1. The zero-order valence-corrected chi connectivity index (χ0v) is 18.4. The Bertz CT molecular complexity index is 1330. The Morgan fingerprint density at radius 2 is 1.91 bits per heavy atom. The van der Waals surface area contributed by atoms with Crippen LogP contribution in [-0.4, -0.2) is 20.7 Å². The van der Waals surface area contributed by atoms with Crippen LogP contribution in [-0.2, 0) is 4.79 Å². The van der Waals surface area contributed by atoms with Crippen molar-refractivity contribution in [2.24, 2.45) is 0 Å². The second kappa shape index (κ2) is 8.18. The molecule has 0 radical (unpaired) electrons. The Morgan fingerprint density at radius 3 is 2.62 bits per heavy atom. The van der Waals surface area contributed by atoms with Crippen LogP contribution >= 0.6 is 23.2 Å². The summed E-state index contributed by atoms with van der Waals surface area (Å²) in [6, 6.07) is 17.5. The van der Waals surface area contributed by atoms with Crippen molar-refractivity contribution in [2.75, 3.05) is 10.6 Å². The number of aromatic nitrogens is 3. The van der Waals surface area contributed by atoms with Gasteiger partial charge in [0.1, 0.15) is 6.04 Å². The van der Waals surface area contributed by atoms with Gasteiger partial charge in [0.15, 0.2) is 5.76 Å². The predicted octanol–water partition coefficient (Wildman–Crippen LogP) is 5.77. The highest BCUT2D eigenvalue weighted by molar-refractivity contribution is 6.42. The van der Waals surface area contributed by atoms with Crippen molar-refractivity contribution >= 4 is 40.7 Å². The summed E-state index contributed by atoms with van der Waals surface area (Å²) in [5.74, 6) is 1.15. The molecule has 2 aromatic heterocycles. The zero-order valence-electron chi connectivity index (χ0n) is 16.8. The maximum Gasteiger partial charge on any atom is 0.255 e. The minimum absolute atomic E-state index is 0.266. The first-order valence-corrected chi connectivity index (χ1v) is 10.6. The number of fused-ring (bicyclic) bond motifs is 1. The van der Waals surface area contributed by atoms with Crippen molar-refractivity contribution in [2.45, 2.75) is 13.0 Å². The minimum atomic E-state index is -0.582. The number of anilines is 2. The van der Waals surface area contributed by atoms with E-state index in [9.17, 15) is 4.79 Å². The van der Waals surface area contributed by atoms with Crippen molar-refractivity contribution in [1.82, 2.24) is 14.8 Å². The van der Waals surface area contributed by atoms with E-state index in [0.29, 0.717) is 44.5 Å². The first-order chi connectivity index (χ1) is 15.5. The lowest BCUT2D eigenvalue weighted by atomic mass is 9.95.